The topological polar surface area (TPSA) is 78.9 Å². The van der Waals surface area contributed by atoms with Crippen molar-refractivity contribution in [2.45, 2.75) is 0 Å². The van der Waals surface area contributed by atoms with Crippen molar-refractivity contribution in [2.75, 3.05) is 12.0 Å². The quantitative estimate of drug-likeness (QED) is 0.409. The molecule has 1 aliphatic heterocycles. The van der Waals surface area contributed by atoms with Crippen molar-refractivity contribution in [1.29, 1.82) is 0 Å². The number of hydrogen-bond acceptors (Lipinski definition) is 5. The van der Waals surface area contributed by atoms with E-state index in [9.17, 15) is 14.7 Å². The van der Waals surface area contributed by atoms with Crippen LogP contribution in [0.2, 0.25) is 5.02 Å². The number of rotatable bonds is 3. The predicted octanol–water partition coefficient (Wildman–Crippen LogP) is 3.65. The number of halogens is 2. The van der Waals surface area contributed by atoms with Crippen LogP contribution >= 0.6 is 39.7 Å². The smallest absolute Gasteiger partial charge is 0.270 e. The number of anilines is 1. The molecule has 0 bridgehead atoms. The van der Waals surface area contributed by atoms with Gasteiger partial charge in [0.25, 0.3) is 11.8 Å². The zero-order valence-corrected chi connectivity index (χ0v) is 17.0. The van der Waals surface area contributed by atoms with E-state index in [1.807, 2.05) is 0 Å². The van der Waals surface area contributed by atoms with E-state index in [0.717, 1.165) is 0 Å². The molecule has 27 heavy (non-hydrogen) atoms. The van der Waals surface area contributed by atoms with Gasteiger partial charge in [0.15, 0.2) is 16.6 Å². The van der Waals surface area contributed by atoms with Crippen LogP contribution in [-0.4, -0.2) is 29.1 Å². The zero-order chi connectivity index (χ0) is 19.7. The number of phenolic OH excluding ortho intramolecular Hbond substituents is 1. The first-order valence-corrected chi connectivity index (χ1v) is 9.13. The average Bonchev–Trinajstić information content (AvgIpc) is 2.62. The highest BCUT2D eigenvalue weighted by atomic mass is 79.9. The summed E-state index contributed by atoms with van der Waals surface area (Å²) in [6, 6.07) is 9.57. The molecule has 0 unspecified atom stereocenters. The summed E-state index contributed by atoms with van der Waals surface area (Å²) < 4.78 is 5.70. The number of carbonyl (C=O) groups is 2. The highest BCUT2D eigenvalue weighted by Gasteiger charge is 2.34. The van der Waals surface area contributed by atoms with E-state index in [4.69, 9.17) is 28.6 Å². The normalized spacial score (nSPS) is 15.9. The lowest BCUT2D eigenvalue weighted by atomic mass is 10.1. The molecule has 1 aliphatic rings. The summed E-state index contributed by atoms with van der Waals surface area (Å²) in [5, 5.41) is 13.2. The van der Waals surface area contributed by atoms with Gasteiger partial charge in [-0.2, -0.15) is 0 Å². The summed E-state index contributed by atoms with van der Waals surface area (Å²) in [6.07, 6.45) is 1.28. The number of hydrogen-bond donors (Lipinski definition) is 2. The molecule has 1 fully saturated rings. The predicted molar refractivity (Wildman–Crippen MR) is 110 cm³/mol. The molecule has 138 valence electrons. The monoisotopic (exact) mass is 466 g/mol. The lowest BCUT2D eigenvalue weighted by Crippen LogP contribution is -2.54. The lowest BCUT2D eigenvalue weighted by Gasteiger charge is -2.29. The average molecular weight is 468 g/mol. The number of methoxy groups -OCH3 is 1. The fourth-order valence-electron chi connectivity index (χ4n) is 2.50. The number of aromatic hydroxyl groups is 1. The van der Waals surface area contributed by atoms with E-state index < -0.39 is 11.8 Å². The van der Waals surface area contributed by atoms with Gasteiger partial charge in [-0.3, -0.25) is 19.8 Å². The highest BCUT2D eigenvalue weighted by molar-refractivity contribution is 9.10. The number of nitrogens with zero attached hydrogens (tertiary/aromatic N) is 1. The Kier molecular flexibility index (Phi) is 5.50. The van der Waals surface area contributed by atoms with E-state index in [-0.39, 0.29) is 27.7 Å². The maximum Gasteiger partial charge on any atom is 0.270 e. The molecule has 2 aromatic rings. The van der Waals surface area contributed by atoms with E-state index in [1.165, 1.54) is 18.1 Å². The summed E-state index contributed by atoms with van der Waals surface area (Å²) in [4.78, 5) is 26.5. The third kappa shape index (κ3) is 3.83. The van der Waals surface area contributed by atoms with Crippen LogP contribution in [0.3, 0.4) is 0 Å². The summed E-state index contributed by atoms with van der Waals surface area (Å²) in [6.45, 7) is 0. The second-order valence-electron chi connectivity index (χ2n) is 5.48. The third-order valence-corrected chi connectivity index (χ3v) is 4.77. The fourth-order valence-corrected chi connectivity index (χ4v) is 3.36. The van der Waals surface area contributed by atoms with Crippen LogP contribution in [0.25, 0.3) is 6.08 Å². The molecule has 1 heterocycles. The molecule has 0 aliphatic carbocycles. The van der Waals surface area contributed by atoms with Crippen LogP contribution in [-0.2, 0) is 9.59 Å². The van der Waals surface area contributed by atoms with Crippen molar-refractivity contribution in [3.05, 3.63) is 57.0 Å². The Labute approximate surface area is 173 Å². The second kappa shape index (κ2) is 7.67. The molecule has 0 saturated carbocycles. The number of nitrogens with one attached hydrogen (secondary N) is 1. The molecule has 2 aromatic carbocycles. The molecule has 0 radical (unpaired) electrons. The molecular weight excluding hydrogens is 456 g/mol. The van der Waals surface area contributed by atoms with Crippen LogP contribution in [0.5, 0.6) is 11.5 Å². The summed E-state index contributed by atoms with van der Waals surface area (Å²) >= 11 is 14.3. The number of carbonyl (C=O) groups excluding carboxylic acids is 2. The minimum absolute atomic E-state index is 0.0412. The minimum atomic E-state index is -0.659. The number of ether oxygens (including phenoxy) is 1. The van der Waals surface area contributed by atoms with Crippen LogP contribution < -0.4 is 15.0 Å². The van der Waals surface area contributed by atoms with Crippen molar-refractivity contribution < 1.29 is 19.4 Å². The number of phenols is 1. The molecule has 2 amide bonds. The molecule has 3 rings (SSSR count). The second-order valence-corrected chi connectivity index (χ2v) is 7.22. The van der Waals surface area contributed by atoms with Gasteiger partial charge < -0.3 is 9.84 Å². The van der Waals surface area contributed by atoms with Crippen molar-refractivity contribution >= 4 is 68.4 Å². The molecule has 2 N–H and O–H groups in total. The van der Waals surface area contributed by atoms with Gasteiger partial charge in [0.05, 0.1) is 12.8 Å². The van der Waals surface area contributed by atoms with E-state index >= 15 is 0 Å². The Hall–Kier alpha value is -2.42. The van der Waals surface area contributed by atoms with Gasteiger partial charge in [-0.15, -0.1) is 0 Å². The molecule has 0 atom stereocenters. The van der Waals surface area contributed by atoms with E-state index in [2.05, 4.69) is 21.2 Å². The van der Waals surface area contributed by atoms with Gasteiger partial charge in [-0.1, -0.05) is 27.5 Å². The van der Waals surface area contributed by atoms with Crippen molar-refractivity contribution in [3.8, 4) is 11.5 Å². The Morgan fingerprint density at radius 2 is 1.93 bits per heavy atom. The first-order valence-electron chi connectivity index (χ1n) is 7.55. The number of benzene rings is 2. The van der Waals surface area contributed by atoms with E-state index in [0.29, 0.717) is 15.2 Å². The van der Waals surface area contributed by atoms with Crippen molar-refractivity contribution in [1.82, 2.24) is 5.32 Å². The lowest BCUT2D eigenvalue weighted by molar-refractivity contribution is -0.122. The maximum absolute atomic E-state index is 12.9. The van der Waals surface area contributed by atoms with Gasteiger partial charge >= 0.3 is 0 Å². The van der Waals surface area contributed by atoms with Gasteiger partial charge in [-0.05, 0) is 54.7 Å². The molecule has 6 nitrogen and oxygen atoms in total. The van der Waals surface area contributed by atoms with Gasteiger partial charge in [-0.25, -0.2) is 0 Å². The van der Waals surface area contributed by atoms with Gasteiger partial charge in [0.1, 0.15) is 5.57 Å². The standard InChI is InChI=1S/C18H12BrClN2O4S/c1-26-14-8-10(19)6-9(15(14)23)7-13-16(24)21-18(27)22(17(13)25)12-4-2-11(20)3-5-12/h2-8,23H,1H3,(H,21,24,27)/b13-7-. The van der Waals surface area contributed by atoms with Crippen LogP contribution in [0.15, 0.2) is 46.4 Å². The Morgan fingerprint density at radius 1 is 1.26 bits per heavy atom. The number of thiocarbonyl (C=S) groups is 1. The Bertz CT molecular complexity index is 992. The number of amides is 2. The Balaban J connectivity index is 2.07. The molecular formula is C18H12BrClN2O4S. The molecule has 1 saturated heterocycles. The fraction of sp³-hybridized carbons (Fsp3) is 0.0556. The Morgan fingerprint density at radius 3 is 2.56 bits per heavy atom. The van der Waals surface area contributed by atoms with Crippen LogP contribution in [0, 0.1) is 0 Å². The zero-order valence-electron chi connectivity index (χ0n) is 13.8. The van der Waals surface area contributed by atoms with Crippen LogP contribution in [0.4, 0.5) is 5.69 Å². The first-order chi connectivity index (χ1) is 12.8. The highest BCUT2D eigenvalue weighted by Crippen LogP contribution is 2.35. The van der Waals surface area contributed by atoms with Gasteiger partial charge in [0, 0.05) is 15.1 Å². The first kappa shape index (κ1) is 19.3. The summed E-state index contributed by atoms with van der Waals surface area (Å²) in [5.41, 5.74) is 0.508. The molecule has 0 spiro atoms. The van der Waals surface area contributed by atoms with Crippen molar-refractivity contribution in [3.63, 3.8) is 0 Å². The van der Waals surface area contributed by atoms with Crippen LogP contribution in [0.1, 0.15) is 5.56 Å². The molecule has 0 aromatic heterocycles. The summed E-state index contributed by atoms with van der Waals surface area (Å²) in [7, 11) is 1.40. The SMILES string of the molecule is COc1cc(Br)cc(/C=C2/C(=O)NC(=S)N(c3ccc(Cl)cc3)C2=O)c1O. The third-order valence-electron chi connectivity index (χ3n) is 3.78. The van der Waals surface area contributed by atoms with E-state index in [1.54, 1.807) is 36.4 Å². The van der Waals surface area contributed by atoms with Crippen molar-refractivity contribution in [2.24, 2.45) is 0 Å². The largest absolute Gasteiger partial charge is 0.504 e. The summed E-state index contributed by atoms with van der Waals surface area (Å²) in [5.74, 6) is -1.28. The minimum Gasteiger partial charge on any atom is -0.504 e. The molecule has 9 heteroatoms. The van der Waals surface area contributed by atoms with Gasteiger partial charge in [0.2, 0.25) is 0 Å². The maximum atomic E-state index is 12.9.